The second-order valence-electron chi connectivity index (χ2n) is 5.56. The third kappa shape index (κ3) is 3.12. The highest BCUT2D eigenvalue weighted by molar-refractivity contribution is 7.20. The monoisotopic (exact) mass is 365 g/mol. The van der Waals surface area contributed by atoms with Crippen LogP contribution in [0.3, 0.4) is 0 Å². The molecule has 0 aliphatic heterocycles. The zero-order valence-corrected chi connectivity index (χ0v) is 14.1. The van der Waals surface area contributed by atoms with Gasteiger partial charge in [0.2, 0.25) is 0 Å². The summed E-state index contributed by atoms with van der Waals surface area (Å²) in [6.45, 7) is 0. The molecule has 0 unspecified atom stereocenters. The summed E-state index contributed by atoms with van der Waals surface area (Å²) in [5.74, 6) is -0.140. The van der Waals surface area contributed by atoms with Crippen molar-refractivity contribution in [1.29, 1.82) is 0 Å². The van der Waals surface area contributed by atoms with E-state index in [0.717, 1.165) is 0 Å². The third-order valence-corrected chi connectivity index (χ3v) is 4.85. The number of rotatable bonds is 3. The number of benzene rings is 2. The second-order valence-corrected chi connectivity index (χ2v) is 6.65. The van der Waals surface area contributed by atoms with Gasteiger partial charge in [0.15, 0.2) is 5.82 Å². The van der Waals surface area contributed by atoms with E-state index in [1.807, 2.05) is 0 Å². The van der Waals surface area contributed by atoms with E-state index in [9.17, 15) is 14.3 Å². The Morgan fingerprint density at radius 1 is 1.08 bits per heavy atom. The fourth-order valence-electron chi connectivity index (χ4n) is 2.52. The number of carbonyl (C=O) groups excluding carboxylic acids is 1. The van der Waals surface area contributed by atoms with Crippen molar-refractivity contribution in [2.45, 2.75) is 0 Å². The Labute approximate surface area is 151 Å². The molecule has 0 saturated carbocycles. The highest BCUT2D eigenvalue weighted by atomic mass is 32.1. The zero-order valence-electron chi connectivity index (χ0n) is 13.3. The Morgan fingerprint density at radius 2 is 1.85 bits per heavy atom. The number of aromatic hydroxyl groups is 1. The lowest BCUT2D eigenvalue weighted by molar-refractivity contribution is 0.103. The maximum atomic E-state index is 13.8. The van der Waals surface area contributed by atoms with E-state index in [0.29, 0.717) is 32.0 Å². The number of hydrogen-bond acceptors (Lipinski definition) is 5. The summed E-state index contributed by atoms with van der Waals surface area (Å²) in [6, 6.07) is 12.9. The fourth-order valence-corrected chi connectivity index (χ4v) is 3.49. The number of anilines is 1. The molecule has 2 heterocycles. The highest BCUT2D eigenvalue weighted by Crippen LogP contribution is 2.28. The van der Waals surface area contributed by atoms with E-state index in [2.05, 4.69) is 15.3 Å². The Morgan fingerprint density at radius 3 is 2.58 bits per heavy atom. The van der Waals surface area contributed by atoms with Gasteiger partial charge < -0.3 is 10.4 Å². The summed E-state index contributed by atoms with van der Waals surface area (Å²) in [4.78, 5) is 21.2. The van der Waals surface area contributed by atoms with Gasteiger partial charge in [-0.15, -0.1) is 11.3 Å². The van der Waals surface area contributed by atoms with Crippen molar-refractivity contribution in [3.8, 4) is 17.1 Å². The standard InChI is InChI=1S/C19H12FN3O2S/c20-15-5-2-6-16-14(15)8-17(26-16)19(25)23-12-9-21-18(22-10-12)11-3-1-4-13(24)7-11/h1-10,24H,(H,23,25). The van der Waals surface area contributed by atoms with E-state index < -0.39 is 0 Å². The van der Waals surface area contributed by atoms with Crippen LogP contribution in [-0.4, -0.2) is 21.0 Å². The van der Waals surface area contributed by atoms with Gasteiger partial charge in [-0.2, -0.15) is 0 Å². The Balaban J connectivity index is 1.54. The number of hydrogen-bond donors (Lipinski definition) is 2. The van der Waals surface area contributed by atoms with E-state index in [-0.39, 0.29) is 17.5 Å². The molecule has 2 aromatic carbocycles. The normalized spacial score (nSPS) is 10.8. The molecule has 128 valence electrons. The first-order chi connectivity index (χ1) is 12.6. The van der Waals surface area contributed by atoms with Crippen molar-refractivity contribution in [3.63, 3.8) is 0 Å². The number of aromatic nitrogens is 2. The first-order valence-electron chi connectivity index (χ1n) is 7.71. The molecule has 5 nitrogen and oxygen atoms in total. The molecule has 0 saturated heterocycles. The van der Waals surface area contributed by atoms with Crippen molar-refractivity contribution in [1.82, 2.24) is 9.97 Å². The number of fused-ring (bicyclic) bond motifs is 1. The number of nitrogens with one attached hydrogen (secondary N) is 1. The predicted octanol–water partition coefficient (Wildman–Crippen LogP) is 4.46. The minimum atomic E-state index is -0.350. The molecule has 1 amide bonds. The maximum absolute atomic E-state index is 13.8. The predicted molar refractivity (Wildman–Crippen MR) is 98.9 cm³/mol. The summed E-state index contributed by atoms with van der Waals surface area (Å²) in [7, 11) is 0. The van der Waals surface area contributed by atoms with Crippen molar-refractivity contribution in [2.24, 2.45) is 0 Å². The number of amides is 1. The van der Waals surface area contributed by atoms with Gasteiger partial charge >= 0.3 is 0 Å². The van der Waals surface area contributed by atoms with E-state index in [1.165, 1.54) is 35.9 Å². The van der Waals surface area contributed by atoms with Gasteiger partial charge in [-0.05, 0) is 30.3 Å². The molecule has 0 aliphatic rings. The average molecular weight is 365 g/mol. The molecular formula is C19H12FN3O2S. The summed E-state index contributed by atoms with van der Waals surface area (Å²) >= 11 is 1.22. The lowest BCUT2D eigenvalue weighted by Crippen LogP contribution is -2.10. The van der Waals surface area contributed by atoms with E-state index in [1.54, 1.807) is 36.4 Å². The quantitative estimate of drug-likeness (QED) is 0.562. The number of halogens is 1. The topological polar surface area (TPSA) is 75.1 Å². The van der Waals surface area contributed by atoms with Crippen molar-refractivity contribution >= 4 is 33.0 Å². The number of nitrogens with zero attached hydrogens (tertiary/aromatic N) is 2. The summed E-state index contributed by atoms with van der Waals surface area (Å²) in [6.07, 6.45) is 2.97. The Bertz CT molecular complexity index is 1110. The molecule has 0 atom stereocenters. The minimum Gasteiger partial charge on any atom is -0.508 e. The van der Waals surface area contributed by atoms with Crippen molar-refractivity contribution in [2.75, 3.05) is 5.32 Å². The van der Waals surface area contributed by atoms with E-state index >= 15 is 0 Å². The summed E-state index contributed by atoms with van der Waals surface area (Å²) < 4.78 is 14.5. The Kier molecular flexibility index (Phi) is 4.06. The molecule has 0 radical (unpaired) electrons. The molecule has 0 spiro atoms. The van der Waals surface area contributed by atoms with E-state index in [4.69, 9.17) is 0 Å². The molecule has 2 aromatic heterocycles. The van der Waals surface area contributed by atoms with Crippen LogP contribution in [0.25, 0.3) is 21.5 Å². The Hall–Kier alpha value is -3.32. The van der Waals surface area contributed by atoms with Crippen molar-refractivity contribution in [3.05, 3.63) is 71.6 Å². The largest absolute Gasteiger partial charge is 0.508 e. The van der Waals surface area contributed by atoms with Crippen LogP contribution in [0, 0.1) is 5.82 Å². The van der Waals surface area contributed by atoms with Crippen LogP contribution in [-0.2, 0) is 0 Å². The van der Waals surface area contributed by atoms with Crippen LogP contribution in [0.2, 0.25) is 0 Å². The molecular weight excluding hydrogens is 353 g/mol. The molecule has 0 aliphatic carbocycles. The lowest BCUT2D eigenvalue weighted by atomic mass is 10.2. The van der Waals surface area contributed by atoms with Crippen LogP contribution >= 0.6 is 11.3 Å². The number of phenolic OH excluding ortho intramolecular Hbond substituents is 1. The number of carbonyl (C=O) groups is 1. The summed E-state index contributed by atoms with van der Waals surface area (Å²) in [5.41, 5.74) is 1.10. The van der Waals surface area contributed by atoms with Crippen LogP contribution in [0.5, 0.6) is 5.75 Å². The van der Waals surface area contributed by atoms with Gasteiger partial charge in [-0.1, -0.05) is 18.2 Å². The van der Waals surface area contributed by atoms with Gasteiger partial charge in [-0.25, -0.2) is 14.4 Å². The smallest absolute Gasteiger partial charge is 0.265 e. The molecule has 0 bridgehead atoms. The number of thiophene rings is 1. The fraction of sp³-hybridized carbons (Fsp3) is 0. The third-order valence-electron chi connectivity index (χ3n) is 3.75. The van der Waals surface area contributed by atoms with Gasteiger partial charge in [0.05, 0.1) is 23.0 Å². The summed E-state index contributed by atoms with van der Waals surface area (Å²) in [5, 5.41) is 12.6. The highest BCUT2D eigenvalue weighted by Gasteiger charge is 2.13. The first kappa shape index (κ1) is 16.2. The van der Waals surface area contributed by atoms with Crippen LogP contribution in [0.1, 0.15) is 9.67 Å². The molecule has 0 fully saturated rings. The molecule has 4 rings (SSSR count). The molecule has 2 N–H and O–H groups in total. The van der Waals surface area contributed by atoms with Gasteiger partial charge in [-0.3, -0.25) is 4.79 Å². The SMILES string of the molecule is O=C(Nc1cnc(-c2cccc(O)c2)nc1)c1cc2c(F)cccc2s1. The van der Waals surface area contributed by atoms with Gasteiger partial charge in [0, 0.05) is 15.6 Å². The first-order valence-corrected chi connectivity index (χ1v) is 8.53. The van der Waals surface area contributed by atoms with Crippen molar-refractivity contribution < 1.29 is 14.3 Å². The average Bonchev–Trinajstić information content (AvgIpc) is 3.08. The molecule has 26 heavy (non-hydrogen) atoms. The lowest BCUT2D eigenvalue weighted by Gasteiger charge is -2.04. The van der Waals surface area contributed by atoms with Gasteiger partial charge in [0.1, 0.15) is 11.6 Å². The van der Waals surface area contributed by atoms with Crippen LogP contribution in [0.15, 0.2) is 60.9 Å². The number of phenols is 1. The maximum Gasteiger partial charge on any atom is 0.265 e. The zero-order chi connectivity index (χ0) is 18.1. The molecule has 7 heteroatoms. The molecule has 4 aromatic rings. The van der Waals surface area contributed by atoms with Gasteiger partial charge in [0.25, 0.3) is 5.91 Å². The van der Waals surface area contributed by atoms with Crippen LogP contribution in [0.4, 0.5) is 10.1 Å². The second kappa shape index (κ2) is 6.53. The minimum absolute atomic E-state index is 0.125. The van der Waals surface area contributed by atoms with Crippen LogP contribution < -0.4 is 5.32 Å².